The van der Waals surface area contributed by atoms with Gasteiger partial charge in [-0.2, -0.15) is 10.4 Å². The topological polar surface area (TPSA) is 95.6 Å². The van der Waals surface area contributed by atoms with Gasteiger partial charge in [0.2, 0.25) is 0 Å². The zero-order valence-electron chi connectivity index (χ0n) is 19.6. The van der Waals surface area contributed by atoms with Gasteiger partial charge in [0, 0.05) is 41.8 Å². The Kier molecular flexibility index (Phi) is 6.15. The highest BCUT2D eigenvalue weighted by atomic mass is 16.1. The summed E-state index contributed by atoms with van der Waals surface area (Å²) in [5, 5.41) is 19.9. The number of carbonyl (C=O) groups excluding carboxylic acids is 1. The van der Waals surface area contributed by atoms with Crippen LogP contribution in [0.15, 0.2) is 73.2 Å². The molecular formula is C27H26N6O. The van der Waals surface area contributed by atoms with Crippen molar-refractivity contribution in [2.75, 3.05) is 17.7 Å². The van der Waals surface area contributed by atoms with Gasteiger partial charge in [-0.15, -0.1) is 0 Å². The minimum Gasteiger partial charge on any atom is -0.373 e. The molecule has 2 aromatic carbocycles. The highest BCUT2D eigenvalue weighted by molar-refractivity contribution is 6.04. The van der Waals surface area contributed by atoms with Crippen LogP contribution in [0.1, 0.15) is 35.3 Å². The van der Waals surface area contributed by atoms with Crippen LogP contribution in [0, 0.1) is 18.3 Å². The van der Waals surface area contributed by atoms with Crippen LogP contribution in [0.5, 0.6) is 0 Å². The Labute approximate surface area is 199 Å². The molecule has 2 heterocycles. The molecule has 1 amide bonds. The molecule has 2 N–H and O–H groups in total. The average Bonchev–Trinajstić information content (AvgIpc) is 3.35. The van der Waals surface area contributed by atoms with Gasteiger partial charge in [0.15, 0.2) is 0 Å². The lowest BCUT2D eigenvalue weighted by Crippen LogP contribution is -2.17. The Morgan fingerprint density at radius 2 is 1.88 bits per heavy atom. The molecule has 0 aliphatic rings. The van der Waals surface area contributed by atoms with E-state index in [1.165, 1.54) is 0 Å². The normalized spacial score (nSPS) is 11.0. The number of pyridine rings is 1. The predicted molar refractivity (Wildman–Crippen MR) is 134 cm³/mol. The fourth-order valence-corrected chi connectivity index (χ4v) is 3.57. The Morgan fingerprint density at radius 3 is 2.59 bits per heavy atom. The molecule has 0 saturated heterocycles. The number of hydrogen-bond donors (Lipinski definition) is 2. The smallest absolute Gasteiger partial charge is 0.255 e. The van der Waals surface area contributed by atoms with Gasteiger partial charge in [0.05, 0.1) is 23.4 Å². The standard InChI is InChI=1S/C27H26N6O/c1-18-8-10-23(32-26(34)19-6-5-7-22(12-19)27(2,3)17-28)13-24(18)33-16-21(15-31-33)20-9-11-25(29-4)30-14-20/h5-16H,1-4H3,(H,29,30)(H,32,34). The lowest BCUT2D eigenvalue weighted by Gasteiger charge is -2.16. The highest BCUT2D eigenvalue weighted by Gasteiger charge is 2.21. The molecule has 170 valence electrons. The van der Waals surface area contributed by atoms with Crippen LogP contribution in [0.3, 0.4) is 0 Å². The number of carbonyl (C=O) groups is 1. The van der Waals surface area contributed by atoms with Crippen molar-refractivity contribution in [1.82, 2.24) is 14.8 Å². The number of nitrogens with zero attached hydrogens (tertiary/aromatic N) is 4. The number of benzene rings is 2. The third kappa shape index (κ3) is 4.66. The van der Waals surface area contributed by atoms with E-state index in [9.17, 15) is 10.1 Å². The van der Waals surface area contributed by atoms with E-state index in [4.69, 9.17) is 0 Å². The molecule has 2 aromatic heterocycles. The number of amides is 1. The Balaban J connectivity index is 1.57. The average molecular weight is 451 g/mol. The van der Waals surface area contributed by atoms with Crippen LogP contribution < -0.4 is 10.6 Å². The second kappa shape index (κ2) is 9.20. The molecule has 34 heavy (non-hydrogen) atoms. The van der Waals surface area contributed by atoms with Crippen LogP contribution in [0.25, 0.3) is 16.8 Å². The second-order valence-corrected chi connectivity index (χ2v) is 8.63. The van der Waals surface area contributed by atoms with E-state index in [1.54, 1.807) is 35.3 Å². The molecule has 0 bridgehead atoms. The van der Waals surface area contributed by atoms with Crippen LogP contribution in [0.2, 0.25) is 0 Å². The highest BCUT2D eigenvalue weighted by Crippen LogP contribution is 2.25. The van der Waals surface area contributed by atoms with Crippen LogP contribution in [0.4, 0.5) is 11.5 Å². The fourth-order valence-electron chi connectivity index (χ4n) is 3.57. The number of aromatic nitrogens is 3. The van der Waals surface area contributed by atoms with Crippen molar-refractivity contribution in [3.05, 3.63) is 89.9 Å². The first kappa shape index (κ1) is 22.7. The summed E-state index contributed by atoms with van der Waals surface area (Å²) >= 11 is 0. The van der Waals surface area contributed by atoms with Crippen molar-refractivity contribution < 1.29 is 4.79 Å². The molecule has 0 radical (unpaired) electrons. The van der Waals surface area contributed by atoms with E-state index in [0.29, 0.717) is 11.3 Å². The Morgan fingerprint density at radius 1 is 1.06 bits per heavy atom. The Hall–Kier alpha value is -4.44. The van der Waals surface area contributed by atoms with Crippen molar-refractivity contribution in [3.63, 3.8) is 0 Å². The molecule has 0 spiro atoms. The molecule has 4 rings (SSSR count). The quantitative estimate of drug-likeness (QED) is 0.413. The molecule has 0 unspecified atom stereocenters. The fraction of sp³-hybridized carbons (Fsp3) is 0.185. The lowest BCUT2D eigenvalue weighted by atomic mass is 9.85. The Bertz CT molecular complexity index is 1380. The first-order valence-corrected chi connectivity index (χ1v) is 10.9. The van der Waals surface area contributed by atoms with Gasteiger partial charge in [0.25, 0.3) is 5.91 Å². The molecule has 0 aliphatic heterocycles. The number of nitriles is 1. The number of hydrogen-bond acceptors (Lipinski definition) is 5. The zero-order valence-corrected chi connectivity index (χ0v) is 19.6. The van der Waals surface area contributed by atoms with E-state index >= 15 is 0 Å². The van der Waals surface area contributed by atoms with Gasteiger partial charge in [-0.25, -0.2) is 9.67 Å². The maximum atomic E-state index is 12.9. The van der Waals surface area contributed by atoms with E-state index < -0.39 is 5.41 Å². The van der Waals surface area contributed by atoms with E-state index in [1.807, 2.05) is 70.4 Å². The summed E-state index contributed by atoms with van der Waals surface area (Å²) in [6.45, 7) is 5.67. The van der Waals surface area contributed by atoms with Crippen molar-refractivity contribution in [2.24, 2.45) is 0 Å². The van der Waals surface area contributed by atoms with Crippen LogP contribution >= 0.6 is 0 Å². The SMILES string of the molecule is CNc1ccc(-c2cnn(-c3cc(NC(=O)c4cccc(C(C)(C)C#N)c4)ccc3C)c2)cn1. The summed E-state index contributed by atoms with van der Waals surface area (Å²) in [5.74, 6) is 0.569. The van der Waals surface area contributed by atoms with Gasteiger partial charge >= 0.3 is 0 Å². The molecule has 0 fully saturated rings. The minimum absolute atomic E-state index is 0.234. The number of anilines is 2. The molecular weight excluding hydrogens is 424 g/mol. The lowest BCUT2D eigenvalue weighted by molar-refractivity contribution is 0.102. The maximum Gasteiger partial charge on any atom is 0.255 e. The van der Waals surface area contributed by atoms with E-state index in [2.05, 4.69) is 26.8 Å². The summed E-state index contributed by atoms with van der Waals surface area (Å²) in [6, 6.07) is 19.1. The van der Waals surface area contributed by atoms with Crippen LogP contribution in [-0.4, -0.2) is 27.7 Å². The van der Waals surface area contributed by atoms with Crippen LogP contribution in [-0.2, 0) is 5.41 Å². The van der Waals surface area contributed by atoms with Crippen molar-refractivity contribution in [3.8, 4) is 22.9 Å². The van der Waals surface area contributed by atoms with Gasteiger partial charge in [0.1, 0.15) is 5.82 Å². The second-order valence-electron chi connectivity index (χ2n) is 8.63. The third-order valence-electron chi connectivity index (χ3n) is 5.78. The summed E-state index contributed by atoms with van der Waals surface area (Å²) in [6.07, 6.45) is 5.54. The van der Waals surface area contributed by atoms with Gasteiger partial charge < -0.3 is 10.6 Å². The van der Waals surface area contributed by atoms with Crippen molar-refractivity contribution >= 4 is 17.4 Å². The number of rotatable bonds is 6. The molecule has 4 aromatic rings. The minimum atomic E-state index is -0.673. The number of nitrogens with one attached hydrogen (secondary N) is 2. The largest absolute Gasteiger partial charge is 0.373 e. The van der Waals surface area contributed by atoms with E-state index in [0.717, 1.165) is 33.8 Å². The summed E-state index contributed by atoms with van der Waals surface area (Å²) in [5.41, 5.74) is 5.09. The molecule has 7 nitrogen and oxygen atoms in total. The van der Waals surface area contributed by atoms with Crippen molar-refractivity contribution in [2.45, 2.75) is 26.2 Å². The molecule has 0 saturated carbocycles. The molecule has 0 aliphatic carbocycles. The first-order chi connectivity index (χ1) is 16.3. The van der Waals surface area contributed by atoms with Gasteiger partial charge in [-0.05, 0) is 68.3 Å². The number of aryl methyl sites for hydroxylation is 1. The first-order valence-electron chi connectivity index (χ1n) is 10.9. The zero-order chi connectivity index (χ0) is 24.3. The summed E-state index contributed by atoms with van der Waals surface area (Å²) in [4.78, 5) is 17.3. The predicted octanol–water partition coefficient (Wildman–Crippen LogP) is 5.34. The van der Waals surface area contributed by atoms with E-state index in [-0.39, 0.29) is 5.91 Å². The van der Waals surface area contributed by atoms with Gasteiger partial charge in [-0.1, -0.05) is 18.2 Å². The molecule has 7 heteroatoms. The van der Waals surface area contributed by atoms with Crippen molar-refractivity contribution in [1.29, 1.82) is 5.26 Å². The molecule has 0 atom stereocenters. The monoisotopic (exact) mass is 450 g/mol. The summed E-state index contributed by atoms with van der Waals surface area (Å²) < 4.78 is 1.79. The summed E-state index contributed by atoms with van der Waals surface area (Å²) in [7, 11) is 1.83. The third-order valence-corrected chi connectivity index (χ3v) is 5.78. The van der Waals surface area contributed by atoms with Gasteiger partial charge in [-0.3, -0.25) is 4.79 Å². The maximum absolute atomic E-state index is 12.9.